The van der Waals surface area contributed by atoms with Gasteiger partial charge in [0.2, 0.25) is 11.8 Å². The normalized spacial score (nSPS) is 30.3. The summed E-state index contributed by atoms with van der Waals surface area (Å²) in [6, 6.07) is 0.403. The van der Waals surface area contributed by atoms with Crippen molar-refractivity contribution in [3.05, 3.63) is 0 Å². The number of rotatable bonds is 5. The Bertz CT molecular complexity index is 387. The van der Waals surface area contributed by atoms with Crippen molar-refractivity contribution in [2.45, 2.75) is 51.0 Å². The lowest BCUT2D eigenvalue weighted by Gasteiger charge is -2.23. The van der Waals surface area contributed by atoms with Gasteiger partial charge >= 0.3 is 0 Å². The van der Waals surface area contributed by atoms with Crippen molar-refractivity contribution >= 4 is 11.8 Å². The number of hydrogen-bond acceptors (Lipinski definition) is 3. The quantitative estimate of drug-likeness (QED) is 0.791. The van der Waals surface area contributed by atoms with Crippen LogP contribution in [0.5, 0.6) is 0 Å². The van der Waals surface area contributed by atoms with Gasteiger partial charge in [0.05, 0.1) is 5.92 Å². The summed E-state index contributed by atoms with van der Waals surface area (Å²) in [4.78, 5) is 26.3. The van der Waals surface area contributed by atoms with Gasteiger partial charge in [0.1, 0.15) is 0 Å². The van der Waals surface area contributed by atoms with Crippen LogP contribution in [0, 0.1) is 11.8 Å². The molecule has 118 valence electrons. The number of amides is 2. The molecule has 0 aromatic carbocycles. The van der Waals surface area contributed by atoms with E-state index in [4.69, 9.17) is 0 Å². The average molecular weight is 293 g/mol. The molecule has 2 saturated heterocycles. The lowest BCUT2D eigenvalue weighted by molar-refractivity contribution is -0.130. The van der Waals surface area contributed by atoms with Crippen LogP contribution < -0.4 is 10.6 Å². The zero-order valence-corrected chi connectivity index (χ0v) is 12.8. The van der Waals surface area contributed by atoms with Crippen LogP contribution in [-0.2, 0) is 9.59 Å². The van der Waals surface area contributed by atoms with Gasteiger partial charge in [-0.15, -0.1) is 0 Å². The standard InChI is InChI=1S/C16H27N3O2/c20-15-9-13(11-19(15)14-3-1-2-4-14)16(21)18-8-6-12-5-7-17-10-12/h12-14,17H,1-11H2,(H,18,21). The summed E-state index contributed by atoms with van der Waals surface area (Å²) in [6.07, 6.45) is 7.36. The van der Waals surface area contributed by atoms with E-state index >= 15 is 0 Å². The predicted octanol–water partition coefficient (Wildman–Crippen LogP) is 0.893. The maximum atomic E-state index is 12.2. The fourth-order valence-electron chi connectivity index (χ4n) is 3.98. The van der Waals surface area contributed by atoms with Gasteiger partial charge in [-0.2, -0.15) is 0 Å². The first-order valence-corrected chi connectivity index (χ1v) is 8.52. The molecule has 2 unspecified atom stereocenters. The molecular weight excluding hydrogens is 266 g/mol. The minimum absolute atomic E-state index is 0.0785. The monoisotopic (exact) mass is 293 g/mol. The Morgan fingerprint density at radius 3 is 2.81 bits per heavy atom. The van der Waals surface area contributed by atoms with Crippen LogP contribution in [0.1, 0.15) is 44.9 Å². The Hall–Kier alpha value is -1.10. The lowest BCUT2D eigenvalue weighted by Crippen LogP contribution is -2.37. The first kappa shape index (κ1) is 14.8. The first-order valence-electron chi connectivity index (χ1n) is 8.52. The van der Waals surface area contributed by atoms with E-state index in [0.717, 1.165) is 38.9 Å². The lowest BCUT2D eigenvalue weighted by atomic mass is 10.0. The van der Waals surface area contributed by atoms with Crippen LogP contribution in [-0.4, -0.2) is 48.9 Å². The molecule has 2 amide bonds. The van der Waals surface area contributed by atoms with Crippen LogP contribution in [0.3, 0.4) is 0 Å². The fourth-order valence-corrected chi connectivity index (χ4v) is 3.98. The van der Waals surface area contributed by atoms with Crippen molar-refractivity contribution in [1.29, 1.82) is 0 Å². The molecule has 0 spiro atoms. The van der Waals surface area contributed by atoms with Crippen LogP contribution >= 0.6 is 0 Å². The largest absolute Gasteiger partial charge is 0.356 e. The summed E-state index contributed by atoms with van der Waals surface area (Å²) >= 11 is 0. The number of carbonyl (C=O) groups is 2. The minimum Gasteiger partial charge on any atom is -0.356 e. The van der Waals surface area contributed by atoms with E-state index in [9.17, 15) is 9.59 Å². The summed E-state index contributed by atoms with van der Waals surface area (Å²) in [5.41, 5.74) is 0. The van der Waals surface area contributed by atoms with Crippen LogP contribution in [0.15, 0.2) is 0 Å². The van der Waals surface area contributed by atoms with Crippen molar-refractivity contribution in [3.8, 4) is 0 Å². The van der Waals surface area contributed by atoms with Gasteiger partial charge in [-0.1, -0.05) is 12.8 Å². The van der Waals surface area contributed by atoms with E-state index in [1.54, 1.807) is 0 Å². The van der Waals surface area contributed by atoms with Crippen molar-refractivity contribution in [2.75, 3.05) is 26.2 Å². The number of carbonyl (C=O) groups excluding carboxylic acids is 2. The number of likely N-dealkylation sites (tertiary alicyclic amines) is 1. The second-order valence-electron chi connectivity index (χ2n) is 6.82. The van der Waals surface area contributed by atoms with E-state index in [1.165, 1.54) is 19.3 Å². The highest BCUT2D eigenvalue weighted by Gasteiger charge is 2.38. The van der Waals surface area contributed by atoms with Gasteiger partial charge in [-0.25, -0.2) is 0 Å². The fraction of sp³-hybridized carbons (Fsp3) is 0.875. The molecule has 2 aliphatic heterocycles. The number of nitrogens with zero attached hydrogens (tertiary/aromatic N) is 1. The molecule has 2 heterocycles. The minimum atomic E-state index is -0.125. The zero-order valence-electron chi connectivity index (χ0n) is 12.8. The molecule has 0 aromatic rings. The van der Waals surface area contributed by atoms with Crippen molar-refractivity contribution in [3.63, 3.8) is 0 Å². The molecule has 0 aromatic heterocycles. The number of hydrogen-bond donors (Lipinski definition) is 2. The van der Waals surface area contributed by atoms with E-state index in [0.29, 0.717) is 24.9 Å². The van der Waals surface area contributed by atoms with Crippen LogP contribution in [0.25, 0.3) is 0 Å². The SMILES string of the molecule is O=C(NCCC1CCNC1)C1CC(=O)N(C2CCCC2)C1. The molecule has 1 saturated carbocycles. The first-order chi connectivity index (χ1) is 10.2. The van der Waals surface area contributed by atoms with Gasteiger partial charge < -0.3 is 15.5 Å². The highest BCUT2D eigenvalue weighted by Crippen LogP contribution is 2.29. The van der Waals surface area contributed by atoms with E-state index in [-0.39, 0.29) is 17.7 Å². The van der Waals surface area contributed by atoms with Crippen molar-refractivity contribution in [1.82, 2.24) is 15.5 Å². The zero-order chi connectivity index (χ0) is 14.7. The van der Waals surface area contributed by atoms with Gasteiger partial charge in [0.25, 0.3) is 0 Å². The second kappa shape index (κ2) is 6.77. The third-order valence-electron chi connectivity index (χ3n) is 5.31. The predicted molar refractivity (Wildman–Crippen MR) is 80.7 cm³/mol. The third kappa shape index (κ3) is 3.57. The molecule has 5 heteroatoms. The summed E-state index contributed by atoms with van der Waals surface area (Å²) in [5, 5.41) is 6.38. The van der Waals surface area contributed by atoms with Crippen molar-refractivity contribution < 1.29 is 9.59 Å². The maximum absolute atomic E-state index is 12.2. The van der Waals surface area contributed by atoms with E-state index < -0.39 is 0 Å². The van der Waals surface area contributed by atoms with Gasteiger partial charge in [0, 0.05) is 25.6 Å². The molecule has 2 N–H and O–H groups in total. The average Bonchev–Trinajstić information content (AvgIpc) is 3.19. The Balaban J connectivity index is 1.41. The summed E-state index contributed by atoms with van der Waals surface area (Å²) in [7, 11) is 0. The Morgan fingerprint density at radius 1 is 1.29 bits per heavy atom. The van der Waals surface area contributed by atoms with E-state index in [2.05, 4.69) is 10.6 Å². The molecule has 0 bridgehead atoms. The molecule has 1 aliphatic carbocycles. The van der Waals surface area contributed by atoms with Crippen LogP contribution in [0.4, 0.5) is 0 Å². The maximum Gasteiger partial charge on any atom is 0.225 e. The second-order valence-corrected chi connectivity index (χ2v) is 6.82. The highest BCUT2D eigenvalue weighted by atomic mass is 16.2. The Kier molecular flexibility index (Phi) is 4.78. The molecule has 0 radical (unpaired) electrons. The van der Waals surface area contributed by atoms with Gasteiger partial charge in [-0.3, -0.25) is 9.59 Å². The molecule has 3 aliphatic rings. The molecule has 3 rings (SSSR count). The van der Waals surface area contributed by atoms with Gasteiger partial charge in [-0.05, 0) is 44.7 Å². The smallest absolute Gasteiger partial charge is 0.225 e. The highest BCUT2D eigenvalue weighted by molar-refractivity contribution is 5.89. The summed E-state index contributed by atoms with van der Waals surface area (Å²) in [5.74, 6) is 0.835. The molecule has 2 atom stereocenters. The van der Waals surface area contributed by atoms with Gasteiger partial charge in [0.15, 0.2) is 0 Å². The van der Waals surface area contributed by atoms with Crippen LogP contribution in [0.2, 0.25) is 0 Å². The topological polar surface area (TPSA) is 61.4 Å². The molecule has 3 fully saturated rings. The summed E-state index contributed by atoms with van der Waals surface area (Å²) < 4.78 is 0. The Labute approximate surface area is 126 Å². The third-order valence-corrected chi connectivity index (χ3v) is 5.31. The van der Waals surface area contributed by atoms with E-state index in [1.807, 2.05) is 4.90 Å². The molecule has 5 nitrogen and oxygen atoms in total. The Morgan fingerprint density at radius 2 is 2.10 bits per heavy atom. The molecule has 21 heavy (non-hydrogen) atoms. The van der Waals surface area contributed by atoms with Crippen molar-refractivity contribution in [2.24, 2.45) is 11.8 Å². The number of nitrogens with one attached hydrogen (secondary N) is 2. The molecular formula is C16H27N3O2. The summed E-state index contributed by atoms with van der Waals surface area (Å²) in [6.45, 7) is 3.57.